The standard InChI is InChI=1S/C15H13ClF3NO3S/c1-24-7-9-3-5-12(23-9)13(14(21)22)20-8-2-4-11(16)10(6-8)15(17,18)19/h2-6,13,20H,7H2,1H3,(H,21,22). The second-order valence-corrected chi connectivity index (χ2v) is 6.12. The number of halogens is 4. The Balaban J connectivity index is 2.29. The van der Waals surface area contributed by atoms with E-state index < -0.39 is 28.8 Å². The van der Waals surface area contributed by atoms with Gasteiger partial charge in [0.1, 0.15) is 11.5 Å². The molecule has 1 atom stereocenters. The van der Waals surface area contributed by atoms with Gasteiger partial charge in [-0.3, -0.25) is 0 Å². The zero-order valence-corrected chi connectivity index (χ0v) is 13.9. The van der Waals surface area contributed by atoms with Crippen molar-refractivity contribution in [3.05, 3.63) is 52.4 Å². The van der Waals surface area contributed by atoms with Gasteiger partial charge in [0, 0.05) is 5.69 Å². The molecule has 130 valence electrons. The molecule has 1 unspecified atom stereocenters. The fraction of sp³-hybridized carbons (Fsp3) is 0.267. The molecule has 0 fully saturated rings. The fourth-order valence-corrected chi connectivity index (χ4v) is 2.69. The van der Waals surface area contributed by atoms with Crippen LogP contribution < -0.4 is 5.32 Å². The summed E-state index contributed by atoms with van der Waals surface area (Å²) in [5.41, 5.74) is -1.07. The summed E-state index contributed by atoms with van der Waals surface area (Å²) < 4.78 is 44.1. The number of hydrogen-bond acceptors (Lipinski definition) is 4. The molecule has 0 aliphatic heterocycles. The second-order valence-electron chi connectivity index (χ2n) is 4.85. The summed E-state index contributed by atoms with van der Waals surface area (Å²) in [5.74, 6) is -0.0258. The molecule has 0 aliphatic rings. The van der Waals surface area contributed by atoms with E-state index in [9.17, 15) is 23.1 Å². The van der Waals surface area contributed by atoms with Gasteiger partial charge in [0.05, 0.1) is 16.3 Å². The molecular weight excluding hydrogens is 367 g/mol. The minimum absolute atomic E-state index is 0.0260. The average Bonchev–Trinajstić information content (AvgIpc) is 2.93. The summed E-state index contributed by atoms with van der Waals surface area (Å²) >= 11 is 7.05. The van der Waals surface area contributed by atoms with Crippen LogP contribution in [0.3, 0.4) is 0 Å². The molecule has 1 aromatic heterocycles. The molecule has 2 N–H and O–H groups in total. The van der Waals surface area contributed by atoms with Crippen molar-refractivity contribution in [3.63, 3.8) is 0 Å². The molecule has 1 heterocycles. The minimum Gasteiger partial charge on any atom is -0.479 e. The van der Waals surface area contributed by atoms with Crippen molar-refractivity contribution in [2.75, 3.05) is 11.6 Å². The third kappa shape index (κ3) is 4.39. The number of furan rings is 1. The van der Waals surface area contributed by atoms with E-state index in [4.69, 9.17) is 16.0 Å². The highest BCUT2D eigenvalue weighted by Crippen LogP contribution is 2.37. The fourth-order valence-electron chi connectivity index (χ4n) is 2.02. The van der Waals surface area contributed by atoms with Crippen LogP contribution in [0.5, 0.6) is 0 Å². The van der Waals surface area contributed by atoms with E-state index in [-0.39, 0.29) is 11.4 Å². The van der Waals surface area contributed by atoms with Gasteiger partial charge in [0.2, 0.25) is 0 Å². The summed E-state index contributed by atoms with van der Waals surface area (Å²) in [6.45, 7) is 0. The van der Waals surface area contributed by atoms with Gasteiger partial charge in [0.25, 0.3) is 0 Å². The molecule has 0 saturated heterocycles. The van der Waals surface area contributed by atoms with Crippen LogP contribution in [-0.2, 0) is 16.7 Å². The van der Waals surface area contributed by atoms with Gasteiger partial charge in [0.15, 0.2) is 6.04 Å². The highest BCUT2D eigenvalue weighted by atomic mass is 35.5. The van der Waals surface area contributed by atoms with E-state index in [1.165, 1.54) is 23.9 Å². The zero-order chi connectivity index (χ0) is 17.9. The summed E-state index contributed by atoms with van der Waals surface area (Å²) in [4.78, 5) is 11.4. The number of aliphatic carboxylic acids is 1. The smallest absolute Gasteiger partial charge is 0.417 e. The summed E-state index contributed by atoms with van der Waals surface area (Å²) in [7, 11) is 0. The third-order valence-electron chi connectivity index (χ3n) is 3.08. The first-order valence-corrected chi connectivity index (χ1v) is 8.43. The van der Waals surface area contributed by atoms with Crippen molar-refractivity contribution >= 4 is 35.0 Å². The molecule has 4 nitrogen and oxygen atoms in total. The van der Waals surface area contributed by atoms with Gasteiger partial charge in [-0.25, -0.2) is 4.79 Å². The number of carbonyl (C=O) groups is 1. The highest BCUT2D eigenvalue weighted by Gasteiger charge is 2.34. The largest absolute Gasteiger partial charge is 0.479 e. The molecule has 0 amide bonds. The first-order valence-electron chi connectivity index (χ1n) is 6.66. The van der Waals surface area contributed by atoms with E-state index in [0.29, 0.717) is 11.5 Å². The van der Waals surface area contributed by atoms with Gasteiger partial charge >= 0.3 is 12.1 Å². The molecule has 24 heavy (non-hydrogen) atoms. The van der Waals surface area contributed by atoms with Crippen LogP contribution >= 0.6 is 23.4 Å². The Labute approximate surface area is 145 Å². The summed E-state index contributed by atoms with van der Waals surface area (Å²) in [6.07, 6.45) is -2.77. The maximum atomic E-state index is 12.9. The van der Waals surface area contributed by atoms with Crippen LogP contribution in [0.1, 0.15) is 23.1 Å². The minimum atomic E-state index is -4.64. The van der Waals surface area contributed by atoms with Gasteiger partial charge < -0.3 is 14.8 Å². The Bertz CT molecular complexity index is 733. The Morgan fingerprint density at radius 1 is 1.38 bits per heavy atom. The van der Waals surface area contributed by atoms with Crippen molar-refractivity contribution < 1.29 is 27.5 Å². The van der Waals surface area contributed by atoms with Gasteiger partial charge in [-0.2, -0.15) is 24.9 Å². The molecule has 0 spiro atoms. The SMILES string of the molecule is CSCc1ccc(C(Nc2ccc(Cl)c(C(F)(F)F)c2)C(=O)O)o1. The van der Waals surface area contributed by atoms with Gasteiger partial charge in [-0.1, -0.05) is 11.6 Å². The number of rotatable bonds is 6. The van der Waals surface area contributed by atoms with Crippen LogP contribution in [0.15, 0.2) is 34.7 Å². The maximum Gasteiger partial charge on any atom is 0.417 e. The Morgan fingerprint density at radius 3 is 2.67 bits per heavy atom. The monoisotopic (exact) mass is 379 g/mol. The van der Waals surface area contributed by atoms with Crippen LogP contribution in [0, 0.1) is 0 Å². The number of carboxylic acid groups (broad SMARTS) is 1. The Kier molecular flexibility index (Phi) is 5.71. The highest BCUT2D eigenvalue weighted by molar-refractivity contribution is 7.97. The molecular formula is C15H13ClF3NO3S. The summed E-state index contributed by atoms with van der Waals surface area (Å²) in [6, 6.07) is 4.91. The number of alkyl halides is 3. The first kappa shape index (κ1) is 18.5. The Morgan fingerprint density at radius 2 is 2.08 bits per heavy atom. The van der Waals surface area contributed by atoms with Crippen LogP contribution in [0.4, 0.5) is 18.9 Å². The predicted molar refractivity (Wildman–Crippen MR) is 86.4 cm³/mol. The first-order chi connectivity index (χ1) is 11.2. The van der Waals surface area contributed by atoms with Crippen molar-refractivity contribution in [3.8, 4) is 0 Å². The van der Waals surface area contributed by atoms with Crippen molar-refractivity contribution in [2.45, 2.75) is 18.0 Å². The van der Waals surface area contributed by atoms with Crippen molar-refractivity contribution in [2.24, 2.45) is 0 Å². The van der Waals surface area contributed by atoms with Crippen LogP contribution in [-0.4, -0.2) is 17.3 Å². The van der Waals surface area contributed by atoms with Gasteiger partial charge in [-0.15, -0.1) is 0 Å². The van der Waals surface area contributed by atoms with Crippen molar-refractivity contribution in [1.82, 2.24) is 0 Å². The average molecular weight is 380 g/mol. The number of benzene rings is 1. The molecule has 0 aliphatic carbocycles. The molecule has 0 saturated carbocycles. The van der Waals surface area contributed by atoms with E-state index in [1.54, 1.807) is 6.07 Å². The Hall–Kier alpha value is -1.80. The number of anilines is 1. The number of nitrogens with one attached hydrogen (secondary N) is 1. The lowest BCUT2D eigenvalue weighted by molar-refractivity contribution is -0.138. The number of hydrogen-bond donors (Lipinski definition) is 2. The van der Waals surface area contributed by atoms with Crippen LogP contribution in [0.2, 0.25) is 5.02 Å². The molecule has 0 bridgehead atoms. The quantitative estimate of drug-likeness (QED) is 0.735. The van der Waals surface area contributed by atoms with E-state index in [2.05, 4.69) is 5.32 Å². The maximum absolute atomic E-state index is 12.9. The lowest BCUT2D eigenvalue weighted by Gasteiger charge is -2.16. The van der Waals surface area contributed by atoms with E-state index >= 15 is 0 Å². The predicted octanol–water partition coefficient (Wildman–Crippen LogP) is 5.05. The normalized spacial score (nSPS) is 12.9. The molecule has 1 aromatic carbocycles. The lowest BCUT2D eigenvalue weighted by atomic mass is 10.1. The van der Waals surface area contributed by atoms with E-state index in [1.807, 2.05) is 6.26 Å². The third-order valence-corrected chi connectivity index (χ3v) is 3.99. The zero-order valence-electron chi connectivity index (χ0n) is 12.4. The molecule has 0 radical (unpaired) electrons. The number of carboxylic acids is 1. The topological polar surface area (TPSA) is 62.5 Å². The molecule has 9 heteroatoms. The molecule has 2 aromatic rings. The number of thioether (sulfide) groups is 1. The second kappa shape index (κ2) is 7.40. The summed E-state index contributed by atoms with van der Waals surface area (Å²) in [5, 5.41) is 11.4. The van der Waals surface area contributed by atoms with E-state index in [0.717, 1.165) is 12.1 Å². The molecule has 2 rings (SSSR count). The van der Waals surface area contributed by atoms with Gasteiger partial charge in [-0.05, 0) is 36.6 Å². The van der Waals surface area contributed by atoms with Crippen LogP contribution in [0.25, 0.3) is 0 Å². The van der Waals surface area contributed by atoms with Crippen molar-refractivity contribution in [1.29, 1.82) is 0 Å². The lowest BCUT2D eigenvalue weighted by Crippen LogP contribution is -2.20.